The summed E-state index contributed by atoms with van der Waals surface area (Å²) in [5.41, 5.74) is 8.12. The van der Waals surface area contributed by atoms with E-state index in [9.17, 15) is 4.39 Å². The molecule has 0 amide bonds. The normalized spacial score (nSPS) is 21.4. The van der Waals surface area contributed by atoms with Crippen LogP contribution in [0.1, 0.15) is 58.1 Å². The lowest BCUT2D eigenvalue weighted by Crippen LogP contribution is -2.54. The molecule has 1 fully saturated rings. The predicted molar refractivity (Wildman–Crippen MR) is 110 cm³/mol. The van der Waals surface area contributed by atoms with Crippen molar-refractivity contribution in [3.05, 3.63) is 29.9 Å². The summed E-state index contributed by atoms with van der Waals surface area (Å²) in [6.45, 7) is 6.21. The molecule has 2 aromatic rings. The van der Waals surface area contributed by atoms with Crippen LogP contribution in [0.3, 0.4) is 0 Å². The maximum atomic E-state index is 14.7. The van der Waals surface area contributed by atoms with Crippen LogP contribution in [0.15, 0.2) is 29.1 Å². The quantitative estimate of drug-likeness (QED) is 0.834. The molecule has 0 radical (unpaired) electrons. The Kier molecular flexibility index (Phi) is 5.19. The van der Waals surface area contributed by atoms with Gasteiger partial charge >= 0.3 is 0 Å². The minimum absolute atomic E-state index is 0.136. The van der Waals surface area contributed by atoms with E-state index in [1.165, 1.54) is 0 Å². The van der Waals surface area contributed by atoms with Crippen molar-refractivity contribution >= 4 is 22.6 Å². The average Bonchev–Trinajstić information content (AvgIpc) is 3.17. The van der Waals surface area contributed by atoms with E-state index < -0.39 is 0 Å². The Morgan fingerprint density at radius 2 is 2.14 bits per heavy atom. The smallest absolute Gasteiger partial charge is 0.181 e. The minimum Gasteiger partial charge on any atom is -0.360 e. The van der Waals surface area contributed by atoms with Crippen molar-refractivity contribution < 1.29 is 4.39 Å². The van der Waals surface area contributed by atoms with Gasteiger partial charge in [0.1, 0.15) is 17.4 Å². The van der Waals surface area contributed by atoms with Crippen LogP contribution in [0.5, 0.6) is 0 Å². The first kappa shape index (κ1) is 19.1. The molecular formula is C21H29FN6. The SMILES string of the molecule is CCC(N)(CC)C1CCCN(C2=NC(c3[nH]nc4ncccc34)=C(F)CC2)C1. The standard InChI is InChI=1S/C21H29FN6/c1-3-21(23,4-2)14-7-6-12-28(13-14)17-10-9-16(22)19(25-17)18-15-8-5-11-24-20(15)27-26-18/h5,8,11,14H,3-4,6-7,9-10,12-13,23H2,1-2H3,(H,24,26,27). The second kappa shape index (κ2) is 7.62. The average molecular weight is 385 g/mol. The number of nitrogens with two attached hydrogens (primary N) is 1. The Morgan fingerprint density at radius 3 is 2.93 bits per heavy atom. The summed E-state index contributed by atoms with van der Waals surface area (Å²) in [7, 11) is 0. The fourth-order valence-electron chi connectivity index (χ4n) is 4.54. The third-order valence-corrected chi connectivity index (χ3v) is 6.55. The molecule has 7 heteroatoms. The van der Waals surface area contributed by atoms with Crippen LogP contribution < -0.4 is 5.73 Å². The monoisotopic (exact) mass is 384 g/mol. The maximum Gasteiger partial charge on any atom is 0.181 e. The van der Waals surface area contributed by atoms with Gasteiger partial charge in [-0.2, -0.15) is 5.10 Å². The van der Waals surface area contributed by atoms with Crippen molar-refractivity contribution in [3.63, 3.8) is 0 Å². The number of nitrogens with one attached hydrogen (secondary N) is 1. The van der Waals surface area contributed by atoms with Crippen molar-refractivity contribution in [3.8, 4) is 0 Å². The first-order valence-corrected chi connectivity index (χ1v) is 10.3. The molecule has 0 aliphatic carbocycles. The van der Waals surface area contributed by atoms with Crippen LogP contribution >= 0.6 is 0 Å². The van der Waals surface area contributed by atoms with Crippen molar-refractivity contribution in [2.45, 2.75) is 57.9 Å². The molecule has 28 heavy (non-hydrogen) atoms. The topological polar surface area (TPSA) is 83.2 Å². The highest BCUT2D eigenvalue weighted by Crippen LogP contribution is 2.35. The van der Waals surface area contributed by atoms with E-state index in [-0.39, 0.29) is 11.4 Å². The molecule has 2 aliphatic rings. The van der Waals surface area contributed by atoms with E-state index in [1.54, 1.807) is 6.20 Å². The number of rotatable bonds is 4. The summed E-state index contributed by atoms with van der Waals surface area (Å²) in [5.74, 6) is 1.21. The maximum absolute atomic E-state index is 14.7. The van der Waals surface area contributed by atoms with Crippen molar-refractivity contribution in [2.75, 3.05) is 13.1 Å². The van der Waals surface area contributed by atoms with Gasteiger partial charge in [-0.1, -0.05) is 13.8 Å². The van der Waals surface area contributed by atoms with Crippen LogP contribution in [0.2, 0.25) is 0 Å². The van der Waals surface area contributed by atoms with Gasteiger partial charge in [0.05, 0.1) is 5.69 Å². The number of amidine groups is 1. The Labute approximate surface area is 165 Å². The fraction of sp³-hybridized carbons (Fsp3) is 0.571. The zero-order valence-corrected chi connectivity index (χ0v) is 16.7. The summed E-state index contributed by atoms with van der Waals surface area (Å²) < 4.78 is 14.7. The van der Waals surface area contributed by atoms with Crippen LogP contribution in [0.25, 0.3) is 16.7 Å². The van der Waals surface area contributed by atoms with Crippen molar-refractivity contribution in [1.29, 1.82) is 0 Å². The molecule has 0 aromatic carbocycles. The number of pyridine rings is 1. The second-order valence-corrected chi connectivity index (χ2v) is 7.98. The Bertz CT molecular complexity index is 911. The van der Waals surface area contributed by atoms with Gasteiger partial charge in [-0.25, -0.2) is 14.4 Å². The number of H-pyrrole nitrogens is 1. The summed E-state index contributed by atoms with van der Waals surface area (Å²) in [6.07, 6.45) is 6.87. The molecule has 4 rings (SSSR count). The van der Waals surface area contributed by atoms with Crippen LogP contribution in [-0.2, 0) is 0 Å². The molecule has 0 bridgehead atoms. The highest BCUT2D eigenvalue weighted by molar-refractivity contribution is 5.95. The van der Waals surface area contributed by atoms with E-state index >= 15 is 0 Å². The van der Waals surface area contributed by atoms with Gasteiger partial charge in [-0.05, 0) is 43.7 Å². The van der Waals surface area contributed by atoms with Crippen LogP contribution in [0.4, 0.5) is 4.39 Å². The molecule has 3 N–H and O–H groups in total. The van der Waals surface area contributed by atoms with Gasteiger partial charge in [-0.3, -0.25) is 5.10 Å². The lowest BCUT2D eigenvalue weighted by atomic mass is 9.76. The van der Waals surface area contributed by atoms with E-state index in [1.807, 2.05) is 12.1 Å². The predicted octanol–water partition coefficient (Wildman–Crippen LogP) is 4.02. The molecule has 1 atom stereocenters. The van der Waals surface area contributed by atoms with Gasteiger partial charge in [0.25, 0.3) is 0 Å². The Morgan fingerprint density at radius 1 is 1.32 bits per heavy atom. The number of likely N-dealkylation sites (tertiary alicyclic amines) is 1. The van der Waals surface area contributed by atoms with Gasteiger partial charge in [0.2, 0.25) is 0 Å². The third-order valence-electron chi connectivity index (χ3n) is 6.55. The molecule has 4 heterocycles. The number of hydrogen-bond acceptors (Lipinski definition) is 5. The minimum atomic E-state index is -0.193. The summed E-state index contributed by atoms with van der Waals surface area (Å²) in [4.78, 5) is 11.3. The first-order chi connectivity index (χ1) is 13.6. The number of hydrogen-bond donors (Lipinski definition) is 2. The summed E-state index contributed by atoms with van der Waals surface area (Å²) in [6, 6.07) is 3.73. The second-order valence-electron chi connectivity index (χ2n) is 7.98. The van der Waals surface area contributed by atoms with E-state index in [0.29, 0.717) is 35.8 Å². The fourth-order valence-corrected chi connectivity index (χ4v) is 4.54. The first-order valence-electron chi connectivity index (χ1n) is 10.3. The van der Waals surface area contributed by atoms with Gasteiger partial charge in [0.15, 0.2) is 5.65 Å². The molecule has 1 unspecified atom stereocenters. The zero-order chi connectivity index (χ0) is 19.7. The van der Waals surface area contributed by atoms with Crippen molar-refractivity contribution in [1.82, 2.24) is 20.1 Å². The van der Waals surface area contributed by atoms with E-state index in [0.717, 1.165) is 50.0 Å². The van der Waals surface area contributed by atoms with E-state index in [2.05, 4.69) is 33.9 Å². The molecule has 1 saturated heterocycles. The van der Waals surface area contributed by atoms with Gasteiger partial charge in [-0.15, -0.1) is 0 Å². The molecule has 0 saturated carbocycles. The number of allylic oxidation sites excluding steroid dienone is 1. The lowest BCUT2D eigenvalue weighted by Gasteiger charge is -2.44. The Balaban J connectivity index is 1.63. The number of piperidine rings is 1. The van der Waals surface area contributed by atoms with Gasteiger partial charge < -0.3 is 10.6 Å². The number of halogens is 1. The molecule has 0 spiro atoms. The molecule has 2 aliphatic heterocycles. The number of fused-ring (bicyclic) bond motifs is 1. The summed E-state index contributed by atoms with van der Waals surface area (Å²) >= 11 is 0. The molecule has 150 valence electrons. The molecular weight excluding hydrogens is 355 g/mol. The van der Waals surface area contributed by atoms with Gasteiger partial charge in [0, 0.05) is 43.1 Å². The molecule has 2 aromatic heterocycles. The number of nitrogens with zero attached hydrogens (tertiary/aromatic N) is 4. The zero-order valence-electron chi connectivity index (χ0n) is 16.7. The van der Waals surface area contributed by atoms with Crippen LogP contribution in [-0.4, -0.2) is 44.5 Å². The van der Waals surface area contributed by atoms with Crippen molar-refractivity contribution in [2.24, 2.45) is 16.6 Å². The van der Waals surface area contributed by atoms with E-state index in [4.69, 9.17) is 10.7 Å². The number of aromatic nitrogens is 3. The largest absolute Gasteiger partial charge is 0.360 e. The number of aliphatic imine (C=N–C) groups is 1. The summed E-state index contributed by atoms with van der Waals surface area (Å²) in [5, 5.41) is 7.93. The van der Waals surface area contributed by atoms with Crippen LogP contribution in [0, 0.1) is 5.92 Å². The molecule has 6 nitrogen and oxygen atoms in total. The third kappa shape index (κ3) is 3.32. The highest BCUT2D eigenvalue weighted by atomic mass is 19.1. The number of aromatic amines is 1. The highest BCUT2D eigenvalue weighted by Gasteiger charge is 2.36. The lowest BCUT2D eigenvalue weighted by molar-refractivity contribution is 0.153. The Hall–Kier alpha value is -2.28.